The van der Waals surface area contributed by atoms with Gasteiger partial charge in [0.2, 0.25) is 0 Å². The third-order valence-corrected chi connectivity index (χ3v) is 5.21. The van der Waals surface area contributed by atoms with Crippen LogP contribution in [-0.2, 0) is 19.4 Å². The quantitative estimate of drug-likeness (QED) is 0.770. The first-order chi connectivity index (χ1) is 13.2. The molecule has 140 valence electrons. The Morgan fingerprint density at radius 3 is 2.74 bits per heavy atom. The maximum atomic E-state index is 13.0. The number of rotatable bonds is 4. The van der Waals surface area contributed by atoms with Gasteiger partial charge in [0, 0.05) is 25.2 Å². The van der Waals surface area contributed by atoms with E-state index in [1.165, 1.54) is 11.1 Å². The maximum Gasteiger partial charge on any atom is 0.253 e. The number of nitrogens with zero attached hydrogens (tertiary/aromatic N) is 3. The van der Waals surface area contributed by atoms with Gasteiger partial charge in [-0.25, -0.2) is 4.98 Å². The van der Waals surface area contributed by atoms with Gasteiger partial charge in [-0.2, -0.15) is 0 Å². The summed E-state index contributed by atoms with van der Waals surface area (Å²) in [4.78, 5) is 19.3. The third-order valence-electron chi connectivity index (χ3n) is 5.21. The van der Waals surface area contributed by atoms with Crippen LogP contribution in [0.15, 0.2) is 42.7 Å². The molecule has 27 heavy (non-hydrogen) atoms. The maximum absolute atomic E-state index is 13.0. The molecule has 1 N–H and O–H groups in total. The van der Waals surface area contributed by atoms with Crippen molar-refractivity contribution in [2.24, 2.45) is 0 Å². The molecule has 1 aliphatic rings. The lowest BCUT2D eigenvalue weighted by atomic mass is 10.0. The fraction of sp³-hybridized carbons (Fsp3) is 0.333. The molecule has 1 aliphatic heterocycles. The van der Waals surface area contributed by atoms with Crippen molar-refractivity contribution in [2.45, 2.75) is 19.4 Å². The first kappa shape index (κ1) is 17.5. The van der Waals surface area contributed by atoms with E-state index < -0.39 is 0 Å². The van der Waals surface area contributed by atoms with Crippen LogP contribution in [0, 0.1) is 0 Å². The van der Waals surface area contributed by atoms with Gasteiger partial charge < -0.3 is 19.3 Å². The van der Waals surface area contributed by atoms with Crippen molar-refractivity contribution in [2.75, 3.05) is 26.8 Å². The Hall–Kier alpha value is -2.86. The zero-order valence-electron chi connectivity index (χ0n) is 15.4. The molecule has 0 spiro atoms. The average Bonchev–Trinajstić information content (AvgIpc) is 2.97. The van der Waals surface area contributed by atoms with E-state index in [0.29, 0.717) is 25.2 Å². The number of carbonyl (C=O) groups excluding carboxylic acids is 1. The molecule has 0 saturated heterocycles. The molecule has 4 rings (SSSR count). The van der Waals surface area contributed by atoms with E-state index in [4.69, 9.17) is 9.84 Å². The number of hydrogen-bond acceptors (Lipinski definition) is 4. The number of aliphatic hydroxyl groups is 1. The molecule has 0 bridgehead atoms. The van der Waals surface area contributed by atoms with Crippen LogP contribution in [-0.4, -0.2) is 52.3 Å². The molecule has 2 aromatic carbocycles. The van der Waals surface area contributed by atoms with Crippen LogP contribution in [0.3, 0.4) is 0 Å². The molecule has 0 aliphatic carbocycles. The second-order valence-corrected chi connectivity index (χ2v) is 6.79. The number of carbonyl (C=O) groups is 1. The smallest absolute Gasteiger partial charge is 0.253 e. The van der Waals surface area contributed by atoms with Gasteiger partial charge in [0.15, 0.2) is 0 Å². The Balaban J connectivity index is 1.54. The van der Waals surface area contributed by atoms with Crippen LogP contribution in [0.25, 0.3) is 11.0 Å². The van der Waals surface area contributed by atoms with E-state index in [1.54, 1.807) is 13.4 Å². The topological polar surface area (TPSA) is 67.6 Å². The van der Waals surface area contributed by atoms with Gasteiger partial charge in [-0.05, 0) is 54.3 Å². The van der Waals surface area contributed by atoms with Gasteiger partial charge in [-0.15, -0.1) is 0 Å². The SMILES string of the molecule is COc1ccc2c(c1)CCN(C(=O)c1ccc3c(c1)ncn3CCO)CC2. The predicted molar refractivity (Wildman–Crippen MR) is 103 cm³/mol. The van der Waals surface area contributed by atoms with Gasteiger partial charge in [-0.3, -0.25) is 4.79 Å². The Morgan fingerprint density at radius 2 is 1.96 bits per heavy atom. The zero-order valence-corrected chi connectivity index (χ0v) is 15.4. The van der Waals surface area contributed by atoms with Crippen molar-refractivity contribution in [3.05, 3.63) is 59.4 Å². The highest BCUT2D eigenvalue weighted by atomic mass is 16.5. The Kier molecular flexibility index (Phi) is 4.81. The van der Waals surface area contributed by atoms with E-state index in [2.05, 4.69) is 17.1 Å². The number of ether oxygens (including phenoxy) is 1. The number of methoxy groups -OCH3 is 1. The standard InChI is InChI=1S/C21H23N3O3/c1-27-18-4-2-15-6-8-23(9-7-16(15)12-18)21(26)17-3-5-20-19(13-17)22-14-24(20)10-11-25/h2-5,12-14,25H,6-11H2,1H3. The van der Waals surface area contributed by atoms with Gasteiger partial charge in [0.25, 0.3) is 5.91 Å². The fourth-order valence-corrected chi connectivity index (χ4v) is 3.70. The number of fused-ring (bicyclic) bond motifs is 2. The number of amides is 1. The molecule has 0 radical (unpaired) electrons. The predicted octanol–water partition coefficient (Wildman–Crippen LogP) is 2.28. The summed E-state index contributed by atoms with van der Waals surface area (Å²) < 4.78 is 7.21. The molecular weight excluding hydrogens is 342 g/mol. The molecule has 0 unspecified atom stereocenters. The summed E-state index contributed by atoms with van der Waals surface area (Å²) in [5, 5.41) is 9.13. The van der Waals surface area contributed by atoms with E-state index in [1.807, 2.05) is 33.7 Å². The second-order valence-electron chi connectivity index (χ2n) is 6.79. The number of benzene rings is 2. The second kappa shape index (κ2) is 7.40. The highest BCUT2D eigenvalue weighted by Gasteiger charge is 2.20. The highest BCUT2D eigenvalue weighted by Crippen LogP contribution is 2.23. The molecule has 0 saturated carbocycles. The monoisotopic (exact) mass is 365 g/mol. The summed E-state index contributed by atoms with van der Waals surface area (Å²) in [6.45, 7) is 1.95. The van der Waals surface area contributed by atoms with E-state index in [-0.39, 0.29) is 12.5 Å². The largest absolute Gasteiger partial charge is 0.497 e. The Bertz CT molecular complexity index is 980. The molecule has 0 atom stereocenters. The highest BCUT2D eigenvalue weighted by molar-refractivity contribution is 5.97. The van der Waals surface area contributed by atoms with Crippen LogP contribution in [0.2, 0.25) is 0 Å². The minimum absolute atomic E-state index is 0.0355. The molecule has 3 aromatic rings. The van der Waals surface area contributed by atoms with E-state index in [0.717, 1.165) is 29.6 Å². The lowest BCUT2D eigenvalue weighted by molar-refractivity contribution is 0.0763. The number of imidazole rings is 1. The molecule has 1 aromatic heterocycles. The van der Waals surface area contributed by atoms with Crippen molar-refractivity contribution in [1.29, 1.82) is 0 Å². The average molecular weight is 365 g/mol. The Morgan fingerprint density at radius 1 is 1.15 bits per heavy atom. The molecule has 2 heterocycles. The molecule has 6 nitrogen and oxygen atoms in total. The lowest BCUT2D eigenvalue weighted by Gasteiger charge is -2.20. The summed E-state index contributed by atoms with van der Waals surface area (Å²) in [5.41, 5.74) is 4.89. The van der Waals surface area contributed by atoms with Gasteiger partial charge in [0.1, 0.15) is 5.75 Å². The minimum Gasteiger partial charge on any atom is -0.497 e. The molecular formula is C21H23N3O3. The molecule has 1 amide bonds. The van der Waals surface area contributed by atoms with Gasteiger partial charge in [-0.1, -0.05) is 6.07 Å². The van der Waals surface area contributed by atoms with Crippen LogP contribution in [0.1, 0.15) is 21.5 Å². The van der Waals surface area contributed by atoms with Crippen LogP contribution in [0.4, 0.5) is 0 Å². The summed E-state index contributed by atoms with van der Waals surface area (Å²) in [6, 6.07) is 11.7. The van der Waals surface area contributed by atoms with Gasteiger partial charge >= 0.3 is 0 Å². The van der Waals surface area contributed by atoms with E-state index in [9.17, 15) is 4.79 Å². The normalized spacial score (nSPS) is 14.1. The third kappa shape index (κ3) is 3.40. The van der Waals surface area contributed by atoms with Crippen molar-refractivity contribution >= 4 is 16.9 Å². The molecule has 0 fully saturated rings. The Labute approximate surface area is 158 Å². The van der Waals surface area contributed by atoms with Crippen LogP contribution < -0.4 is 4.74 Å². The van der Waals surface area contributed by atoms with Crippen molar-refractivity contribution in [3.8, 4) is 5.75 Å². The number of hydrogen-bond donors (Lipinski definition) is 1. The summed E-state index contributed by atoms with van der Waals surface area (Å²) in [5.74, 6) is 0.894. The van der Waals surface area contributed by atoms with Crippen LogP contribution in [0.5, 0.6) is 5.75 Å². The summed E-state index contributed by atoms with van der Waals surface area (Å²) in [7, 11) is 1.67. The number of aliphatic hydroxyl groups excluding tert-OH is 1. The van der Waals surface area contributed by atoms with Crippen LogP contribution >= 0.6 is 0 Å². The van der Waals surface area contributed by atoms with Crippen molar-refractivity contribution in [1.82, 2.24) is 14.5 Å². The minimum atomic E-state index is 0.0355. The van der Waals surface area contributed by atoms with E-state index >= 15 is 0 Å². The zero-order chi connectivity index (χ0) is 18.8. The lowest BCUT2D eigenvalue weighted by Crippen LogP contribution is -2.33. The van der Waals surface area contributed by atoms with Gasteiger partial charge in [0.05, 0.1) is 31.1 Å². The van der Waals surface area contributed by atoms with Crippen molar-refractivity contribution in [3.63, 3.8) is 0 Å². The first-order valence-corrected chi connectivity index (χ1v) is 9.20. The number of aromatic nitrogens is 2. The first-order valence-electron chi connectivity index (χ1n) is 9.20. The van der Waals surface area contributed by atoms with Crippen molar-refractivity contribution < 1.29 is 14.6 Å². The summed E-state index contributed by atoms with van der Waals surface area (Å²) >= 11 is 0. The molecule has 6 heteroatoms. The fourth-order valence-electron chi connectivity index (χ4n) is 3.70. The summed E-state index contributed by atoms with van der Waals surface area (Å²) in [6.07, 6.45) is 3.37.